The fraction of sp³-hybridized carbons (Fsp3) is 1.00. The molecule has 0 spiro atoms. The van der Waals surface area contributed by atoms with Gasteiger partial charge in [-0.05, 0) is 32.2 Å². The van der Waals surface area contributed by atoms with Crippen LogP contribution in [0.3, 0.4) is 0 Å². The normalized spacial score (nSPS) is 11.9. The quantitative estimate of drug-likeness (QED) is 0.513. The highest BCUT2D eigenvalue weighted by Gasteiger charge is 2.07. The summed E-state index contributed by atoms with van der Waals surface area (Å²) in [4.78, 5) is 0. The summed E-state index contributed by atoms with van der Waals surface area (Å²) in [6, 6.07) is 0. The van der Waals surface area contributed by atoms with E-state index >= 15 is 0 Å². The van der Waals surface area contributed by atoms with Gasteiger partial charge in [-0.1, -0.05) is 13.3 Å². The lowest BCUT2D eigenvalue weighted by Gasteiger charge is -2.06. The molecule has 5 nitrogen and oxygen atoms in total. The molecule has 17 heavy (non-hydrogen) atoms. The number of unbranched alkanes of at least 4 members (excludes halogenated alkanes) is 2. The van der Waals surface area contributed by atoms with Crippen molar-refractivity contribution in [3.63, 3.8) is 0 Å². The highest BCUT2D eigenvalue weighted by molar-refractivity contribution is 7.89. The number of rotatable bonds is 12. The van der Waals surface area contributed by atoms with Crippen LogP contribution in [0.5, 0.6) is 0 Å². The molecule has 0 bridgehead atoms. The van der Waals surface area contributed by atoms with Crippen LogP contribution in [-0.2, 0) is 14.8 Å². The minimum atomic E-state index is -3.11. The molecule has 0 aromatic rings. The van der Waals surface area contributed by atoms with Crippen LogP contribution in [-0.4, -0.2) is 40.5 Å². The van der Waals surface area contributed by atoms with Crippen molar-refractivity contribution >= 4 is 10.0 Å². The van der Waals surface area contributed by atoms with Gasteiger partial charge in [0.2, 0.25) is 10.0 Å². The molecule has 0 saturated carbocycles. The van der Waals surface area contributed by atoms with Gasteiger partial charge >= 0.3 is 0 Å². The van der Waals surface area contributed by atoms with Gasteiger partial charge in [-0.3, -0.25) is 0 Å². The summed E-state index contributed by atoms with van der Waals surface area (Å²) in [5.41, 5.74) is 5.31. The van der Waals surface area contributed by atoms with Crippen molar-refractivity contribution < 1.29 is 13.2 Å². The predicted octanol–water partition coefficient (Wildman–Crippen LogP) is 0.852. The lowest BCUT2D eigenvalue weighted by Crippen LogP contribution is -2.28. The zero-order valence-electron chi connectivity index (χ0n) is 10.8. The SMILES string of the molecule is CCCCOCCCNS(=O)(=O)CCCCN. The van der Waals surface area contributed by atoms with Gasteiger partial charge in [0.05, 0.1) is 5.75 Å². The maximum atomic E-state index is 11.4. The molecule has 6 heteroatoms. The monoisotopic (exact) mass is 266 g/mol. The molecule has 0 aromatic carbocycles. The van der Waals surface area contributed by atoms with Crippen molar-refractivity contribution in [2.24, 2.45) is 5.73 Å². The first-order valence-electron chi connectivity index (χ1n) is 6.37. The van der Waals surface area contributed by atoms with Gasteiger partial charge in [0.15, 0.2) is 0 Å². The van der Waals surface area contributed by atoms with E-state index < -0.39 is 10.0 Å². The Bertz CT molecular complexity index is 255. The second-order valence-corrected chi connectivity index (χ2v) is 5.95. The van der Waals surface area contributed by atoms with Crippen LogP contribution in [0.25, 0.3) is 0 Å². The lowest BCUT2D eigenvalue weighted by molar-refractivity contribution is 0.130. The fourth-order valence-electron chi connectivity index (χ4n) is 1.26. The van der Waals surface area contributed by atoms with Crippen molar-refractivity contribution in [3.8, 4) is 0 Å². The molecule has 0 amide bonds. The maximum Gasteiger partial charge on any atom is 0.211 e. The van der Waals surface area contributed by atoms with Crippen LogP contribution in [0.4, 0.5) is 0 Å². The molecular weight excluding hydrogens is 240 g/mol. The molecule has 0 fully saturated rings. The van der Waals surface area contributed by atoms with Crippen molar-refractivity contribution in [2.45, 2.75) is 39.0 Å². The van der Waals surface area contributed by atoms with E-state index in [1.165, 1.54) is 0 Å². The first kappa shape index (κ1) is 16.8. The molecule has 0 unspecified atom stereocenters. The van der Waals surface area contributed by atoms with E-state index in [1.807, 2.05) is 0 Å². The van der Waals surface area contributed by atoms with Gasteiger partial charge in [0.25, 0.3) is 0 Å². The molecule has 0 aliphatic heterocycles. The fourth-order valence-corrected chi connectivity index (χ4v) is 2.44. The number of ether oxygens (including phenoxy) is 1. The van der Waals surface area contributed by atoms with Gasteiger partial charge in [-0.2, -0.15) is 0 Å². The van der Waals surface area contributed by atoms with Gasteiger partial charge in [0, 0.05) is 19.8 Å². The maximum absolute atomic E-state index is 11.4. The molecule has 0 aliphatic carbocycles. The van der Waals surface area contributed by atoms with Crippen LogP contribution in [0.15, 0.2) is 0 Å². The van der Waals surface area contributed by atoms with E-state index in [0.29, 0.717) is 26.1 Å². The first-order chi connectivity index (χ1) is 8.12. The summed E-state index contributed by atoms with van der Waals surface area (Å²) in [5.74, 6) is 0.168. The Balaban J connectivity index is 3.39. The van der Waals surface area contributed by atoms with E-state index in [1.54, 1.807) is 0 Å². The van der Waals surface area contributed by atoms with Crippen LogP contribution in [0.1, 0.15) is 39.0 Å². The van der Waals surface area contributed by atoms with Crippen molar-refractivity contribution in [1.29, 1.82) is 0 Å². The van der Waals surface area contributed by atoms with Crippen molar-refractivity contribution in [2.75, 3.05) is 32.1 Å². The third kappa shape index (κ3) is 12.1. The summed E-state index contributed by atoms with van der Waals surface area (Å²) in [6.45, 7) is 4.49. The number of hydrogen-bond donors (Lipinski definition) is 2. The Kier molecular flexibility index (Phi) is 10.8. The summed E-state index contributed by atoms with van der Waals surface area (Å²) in [7, 11) is -3.11. The van der Waals surface area contributed by atoms with E-state index in [9.17, 15) is 8.42 Å². The Morgan fingerprint density at radius 2 is 1.82 bits per heavy atom. The summed E-state index contributed by atoms with van der Waals surface area (Å²) in [5, 5.41) is 0. The third-order valence-corrected chi connectivity index (χ3v) is 3.77. The molecule has 0 atom stereocenters. The lowest BCUT2D eigenvalue weighted by atomic mass is 10.3. The number of nitrogens with one attached hydrogen (secondary N) is 1. The molecular formula is C11H26N2O3S. The minimum Gasteiger partial charge on any atom is -0.381 e. The Hall–Kier alpha value is -0.170. The topological polar surface area (TPSA) is 81.4 Å². The molecule has 3 N–H and O–H groups in total. The molecule has 0 aliphatic rings. The number of hydrogen-bond acceptors (Lipinski definition) is 4. The van der Waals surface area contributed by atoms with Gasteiger partial charge in [0.1, 0.15) is 0 Å². The van der Waals surface area contributed by atoms with E-state index in [0.717, 1.165) is 32.3 Å². The third-order valence-electron chi connectivity index (χ3n) is 2.30. The van der Waals surface area contributed by atoms with E-state index in [2.05, 4.69) is 11.6 Å². The molecule has 104 valence electrons. The van der Waals surface area contributed by atoms with Crippen molar-refractivity contribution in [1.82, 2.24) is 4.72 Å². The Morgan fingerprint density at radius 1 is 1.12 bits per heavy atom. The summed E-state index contributed by atoms with van der Waals surface area (Å²) in [6.07, 6.45) is 4.28. The Morgan fingerprint density at radius 3 is 2.47 bits per heavy atom. The highest BCUT2D eigenvalue weighted by Crippen LogP contribution is 1.94. The molecule has 0 saturated heterocycles. The summed E-state index contributed by atoms with van der Waals surface area (Å²) >= 11 is 0. The smallest absolute Gasteiger partial charge is 0.211 e. The number of nitrogens with two attached hydrogens (primary N) is 1. The Labute approximate surface area is 105 Å². The van der Waals surface area contributed by atoms with Crippen LogP contribution in [0, 0.1) is 0 Å². The van der Waals surface area contributed by atoms with Gasteiger partial charge < -0.3 is 10.5 Å². The van der Waals surface area contributed by atoms with Crippen LogP contribution >= 0.6 is 0 Å². The average molecular weight is 266 g/mol. The molecule has 0 rings (SSSR count). The zero-order chi connectivity index (χ0) is 13.0. The standard InChI is InChI=1S/C11H26N2O3S/c1-2-3-9-16-10-6-8-13-17(14,15)11-5-4-7-12/h13H,2-12H2,1H3. The highest BCUT2D eigenvalue weighted by atomic mass is 32.2. The van der Waals surface area contributed by atoms with Crippen LogP contribution < -0.4 is 10.5 Å². The minimum absolute atomic E-state index is 0.168. The van der Waals surface area contributed by atoms with Crippen LogP contribution in [0.2, 0.25) is 0 Å². The summed E-state index contributed by atoms with van der Waals surface area (Å²) < 4.78 is 30.8. The van der Waals surface area contributed by atoms with Crippen molar-refractivity contribution in [3.05, 3.63) is 0 Å². The largest absolute Gasteiger partial charge is 0.381 e. The van der Waals surface area contributed by atoms with Gasteiger partial charge in [-0.15, -0.1) is 0 Å². The first-order valence-corrected chi connectivity index (χ1v) is 8.02. The second-order valence-electron chi connectivity index (χ2n) is 4.03. The van der Waals surface area contributed by atoms with E-state index in [4.69, 9.17) is 10.5 Å². The zero-order valence-corrected chi connectivity index (χ0v) is 11.6. The predicted molar refractivity (Wildman–Crippen MR) is 70.4 cm³/mol. The van der Waals surface area contributed by atoms with E-state index in [-0.39, 0.29) is 5.75 Å². The molecule has 0 heterocycles. The average Bonchev–Trinajstić information content (AvgIpc) is 2.28. The molecule has 0 aromatic heterocycles. The molecule has 0 radical (unpaired) electrons. The van der Waals surface area contributed by atoms with Gasteiger partial charge in [-0.25, -0.2) is 13.1 Å². The number of sulfonamides is 1. The second kappa shape index (κ2) is 11.0.